The summed E-state index contributed by atoms with van der Waals surface area (Å²) in [5.74, 6) is 0. The van der Waals surface area contributed by atoms with Crippen LogP contribution in [0, 0.1) is 13.8 Å². The lowest BCUT2D eigenvalue weighted by Gasteiger charge is -2.18. The molecule has 0 spiro atoms. The molecule has 1 atom stereocenters. The molecule has 34 heavy (non-hydrogen) atoms. The predicted molar refractivity (Wildman–Crippen MR) is 126 cm³/mol. The molecule has 2 aromatic carbocycles. The van der Waals surface area contributed by atoms with E-state index in [2.05, 4.69) is 0 Å². The van der Waals surface area contributed by atoms with Crippen molar-refractivity contribution in [1.82, 2.24) is 0 Å². The first-order valence-corrected chi connectivity index (χ1v) is 13.6. The Morgan fingerprint density at radius 3 is 1.56 bits per heavy atom. The van der Waals surface area contributed by atoms with Gasteiger partial charge in [-0.05, 0) is 45.0 Å². The maximum absolute atomic E-state index is 12.2. The molecule has 0 fully saturated rings. The Hall–Kier alpha value is -1.86. The van der Waals surface area contributed by atoms with Crippen LogP contribution in [0.3, 0.4) is 0 Å². The molecule has 11 heteroatoms. The van der Waals surface area contributed by atoms with E-state index in [1.54, 1.807) is 24.3 Å². The van der Waals surface area contributed by atoms with Crippen molar-refractivity contribution in [2.45, 2.75) is 36.7 Å². The average molecular weight is 517 g/mol. The summed E-state index contributed by atoms with van der Waals surface area (Å²) in [5, 5.41) is 0. The highest BCUT2D eigenvalue weighted by atomic mass is 32.2. The van der Waals surface area contributed by atoms with Gasteiger partial charge in [0.05, 0.1) is 49.4 Å². The van der Waals surface area contributed by atoms with Crippen LogP contribution < -0.4 is 0 Å². The van der Waals surface area contributed by atoms with Gasteiger partial charge in [0, 0.05) is 6.61 Å². The number of hydrogen-bond donors (Lipinski definition) is 0. The second-order valence-electron chi connectivity index (χ2n) is 7.41. The van der Waals surface area contributed by atoms with Crippen LogP contribution in [0.2, 0.25) is 0 Å². The van der Waals surface area contributed by atoms with Gasteiger partial charge >= 0.3 is 0 Å². The van der Waals surface area contributed by atoms with Gasteiger partial charge in [-0.2, -0.15) is 16.8 Å². The summed E-state index contributed by atoms with van der Waals surface area (Å²) in [6, 6.07) is 12.7. The highest BCUT2D eigenvalue weighted by molar-refractivity contribution is 7.87. The van der Waals surface area contributed by atoms with E-state index in [-0.39, 0.29) is 49.4 Å². The molecule has 1 unspecified atom stereocenters. The van der Waals surface area contributed by atoms with E-state index in [1.807, 2.05) is 20.8 Å². The number of aryl methyl sites for hydroxylation is 2. The number of rotatable bonds is 16. The van der Waals surface area contributed by atoms with Crippen LogP contribution in [-0.2, 0) is 42.8 Å². The van der Waals surface area contributed by atoms with Gasteiger partial charge in [-0.3, -0.25) is 8.37 Å². The van der Waals surface area contributed by atoms with Gasteiger partial charge in [0.2, 0.25) is 0 Å². The van der Waals surface area contributed by atoms with Crippen LogP contribution in [-0.4, -0.2) is 69.2 Å². The minimum Gasteiger partial charge on any atom is -0.379 e. The second-order valence-corrected chi connectivity index (χ2v) is 10.6. The van der Waals surface area contributed by atoms with Gasteiger partial charge in [0.15, 0.2) is 0 Å². The number of ether oxygens (including phenoxy) is 3. The van der Waals surface area contributed by atoms with Crippen molar-refractivity contribution in [2.24, 2.45) is 0 Å². The molecule has 0 aromatic heterocycles. The fourth-order valence-corrected chi connectivity index (χ4v) is 4.50. The molecule has 190 valence electrons. The fourth-order valence-electron chi connectivity index (χ4n) is 2.72. The Labute approximate surface area is 202 Å². The quantitative estimate of drug-likeness (QED) is 0.245. The highest BCUT2D eigenvalue weighted by Crippen LogP contribution is 2.14. The Morgan fingerprint density at radius 2 is 1.09 bits per heavy atom. The monoisotopic (exact) mass is 516 g/mol. The summed E-state index contributed by atoms with van der Waals surface area (Å²) in [6.07, 6.45) is -0.487. The van der Waals surface area contributed by atoms with Gasteiger partial charge in [-0.15, -0.1) is 0 Å². The molecule has 2 rings (SSSR count). The Balaban J connectivity index is 1.72. The van der Waals surface area contributed by atoms with Crippen LogP contribution in [0.4, 0.5) is 0 Å². The molecule has 0 heterocycles. The molecule has 0 N–H and O–H groups in total. The summed E-state index contributed by atoms with van der Waals surface area (Å²) in [6.45, 7) is 6.06. The molecule has 0 radical (unpaired) electrons. The SMILES string of the molecule is CCOCC(COCCOS(=O)(=O)c1ccc(C)cc1)OCCOS(=O)(=O)c1ccc(C)cc1. The first kappa shape index (κ1) is 28.4. The van der Waals surface area contributed by atoms with Crippen molar-refractivity contribution in [2.75, 3.05) is 46.2 Å². The molecule has 0 bridgehead atoms. The first-order chi connectivity index (χ1) is 16.1. The minimum atomic E-state index is -3.87. The molecule has 2 aromatic rings. The summed E-state index contributed by atoms with van der Waals surface area (Å²) in [4.78, 5) is 0.157. The molecule has 0 saturated heterocycles. The largest absolute Gasteiger partial charge is 0.379 e. The van der Waals surface area contributed by atoms with E-state index in [4.69, 9.17) is 22.6 Å². The lowest BCUT2D eigenvalue weighted by Crippen LogP contribution is -2.28. The second kappa shape index (κ2) is 13.9. The van der Waals surface area contributed by atoms with Crippen LogP contribution in [0.5, 0.6) is 0 Å². The molecule has 9 nitrogen and oxygen atoms in total. The van der Waals surface area contributed by atoms with E-state index in [0.717, 1.165) is 11.1 Å². The lowest BCUT2D eigenvalue weighted by molar-refractivity contribution is -0.0659. The van der Waals surface area contributed by atoms with Crippen molar-refractivity contribution >= 4 is 20.2 Å². The van der Waals surface area contributed by atoms with Crippen molar-refractivity contribution in [3.63, 3.8) is 0 Å². The Morgan fingerprint density at radius 1 is 0.647 bits per heavy atom. The maximum atomic E-state index is 12.2. The van der Waals surface area contributed by atoms with Crippen molar-refractivity contribution in [3.05, 3.63) is 59.7 Å². The zero-order valence-electron chi connectivity index (χ0n) is 19.6. The Bertz CT molecular complexity index is 1060. The van der Waals surface area contributed by atoms with Crippen LogP contribution >= 0.6 is 0 Å². The predicted octanol–water partition coefficient (Wildman–Crippen LogP) is 2.85. The van der Waals surface area contributed by atoms with Crippen LogP contribution in [0.25, 0.3) is 0 Å². The topological polar surface area (TPSA) is 114 Å². The maximum Gasteiger partial charge on any atom is 0.297 e. The number of benzene rings is 2. The van der Waals surface area contributed by atoms with E-state index in [9.17, 15) is 16.8 Å². The molecule has 0 aliphatic rings. The standard InChI is InChI=1S/C23H32O9S2/c1-4-28-17-21(30-14-16-32-34(26,27)23-11-7-20(3)8-12-23)18-29-13-15-31-33(24,25)22-9-5-19(2)6-10-22/h5-12,21H,4,13-18H2,1-3H3. The zero-order valence-corrected chi connectivity index (χ0v) is 21.3. The average Bonchev–Trinajstić information content (AvgIpc) is 2.80. The molecular weight excluding hydrogens is 484 g/mol. The normalized spacial score (nSPS) is 13.1. The smallest absolute Gasteiger partial charge is 0.297 e. The third-order valence-electron chi connectivity index (χ3n) is 4.57. The van der Waals surface area contributed by atoms with Gasteiger partial charge in [0.25, 0.3) is 20.2 Å². The fraction of sp³-hybridized carbons (Fsp3) is 0.478. The third-order valence-corrected chi connectivity index (χ3v) is 7.23. The van der Waals surface area contributed by atoms with Gasteiger partial charge in [-0.1, -0.05) is 35.4 Å². The molecule has 0 aliphatic heterocycles. The summed E-state index contributed by atoms with van der Waals surface area (Å²) in [7, 11) is -7.73. The highest BCUT2D eigenvalue weighted by Gasteiger charge is 2.17. The Kier molecular flexibility index (Phi) is 11.6. The van der Waals surface area contributed by atoms with E-state index in [0.29, 0.717) is 6.61 Å². The van der Waals surface area contributed by atoms with Crippen molar-refractivity contribution in [3.8, 4) is 0 Å². The van der Waals surface area contributed by atoms with Crippen molar-refractivity contribution in [1.29, 1.82) is 0 Å². The summed E-state index contributed by atoms with van der Waals surface area (Å²) in [5.41, 5.74) is 1.89. The van der Waals surface area contributed by atoms with Gasteiger partial charge in [0.1, 0.15) is 6.10 Å². The number of hydrogen-bond acceptors (Lipinski definition) is 9. The molecular formula is C23H32O9S2. The molecule has 0 saturated carbocycles. The first-order valence-electron chi connectivity index (χ1n) is 10.8. The summed E-state index contributed by atoms with van der Waals surface area (Å²) < 4.78 is 75.2. The van der Waals surface area contributed by atoms with Gasteiger partial charge < -0.3 is 14.2 Å². The van der Waals surface area contributed by atoms with E-state index < -0.39 is 26.3 Å². The summed E-state index contributed by atoms with van der Waals surface area (Å²) >= 11 is 0. The lowest BCUT2D eigenvalue weighted by atomic mass is 10.2. The minimum absolute atomic E-state index is 0.00446. The third kappa shape index (κ3) is 9.79. The molecule has 0 amide bonds. The van der Waals surface area contributed by atoms with E-state index in [1.165, 1.54) is 24.3 Å². The molecule has 0 aliphatic carbocycles. The van der Waals surface area contributed by atoms with Crippen LogP contribution in [0.15, 0.2) is 58.3 Å². The van der Waals surface area contributed by atoms with Gasteiger partial charge in [-0.25, -0.2) is 0 Å². The van der Waals surface area contributed by atoms with Crippen LogP contribution in [0.1, 0.15) is 18.1 Å². The van der Waals surface area contributed by atoms with E-state index >= 15 is 0 Å². The zero-order chi connectivity index (χ0) is 25.0. The van der Waals surface area contributed by atoms with Crippen molar-refractivity contribution < 1.29 is 39.4 Å².